The maximum atomic E-state index is 12.2. The largest absolute Gasteiger partial charge is 0.396 e. The van der Waals surface area contributed by atoms with Crippen LogP contribution in [0.25, 0.3) is 0 Å². The number of carbonyl (C=O) groups excluding carboxylic acids is 1. The van der Waals surface area contributed by atoms with Crippen LogP contribution >= 0.6 is 11.3 Å². The molecule has 0 saturated carbocycles. The van der Waals surface area contributed by atoms with E-state index in [-0.39, 0.29) is 5.91 Å². The molecule has 2 heterocycles. The van der Waals surface area contributed by atoms with Crippen LogP contribution in [0.3, 0.4) is 0 Å². The zero-order valence-electron chi connectivity index (χ0n) is 10.5. The zero-order chi connectivity index (χ0) is 13.1. The van der Waals surface area contributed by atoms with Gasteiger partial charge in [0, 0.05) is 24.7 Å². The first-order chi connectivity index (χ1) is 8.61. The van der Waals surface area contributed by atoms with E-state index in [1.807, 2.05) is 24.4 Å². The number of nitrogen functional groups attached to an aromatic ring is 1. The van der Waals surface area contributed by atoms with Crippen molar-refractivity contribution in [1.82, 2.24) is 14.7 Å². The van der Waals surface area contributed by atoms with Gasteiger partial charge >= 0.3 is 0 Å². The molecule has 0 bridgehead atoms. The molecule has 18 heavy (non-hydrogen) atoms. The summed E-state index contributed by atoms with van der Waals surface area (Å²) in [6, 6.07) is 3.97. The Morgan fingerprint density at radius 2 is 2.39 bits per heavy atom. The van der Waals surface area contributed by atoms with E-state index in [9.17, 15) is 4.79 Å². The molecule has 96 valence electrons. The number of aromatic nitrogens is 2. The summed E-state index contributed by atoms with van der Waals surface area (Å²) >= 11 is 1.63. The molecule has 0 atom stereocenters. The van der Waals surface area contributed by atoms with E-state index in [1.165, 1.54) is 0 Å². The van der Waals surface area contributed by atoms with Crippen LogP contribution in [0.2, 0.25) is 0 Å². The van der Waals surface area contributed by atoms with Gasteiger partial charge in [0.05, 0.1) is 12.2 Å². The number of thiophene rings is 1. The number of hydrogen-bond acceptors (Lipinski definition) is 4. The summed E-state index contributed by atoms with van der Waals surface area (Å²) in [5, 5.41) is 6.18. The van der Waals surface area contributed by atoms with Crippen LogP contribution in [-0.4, -0.2) is 27.6 Å². The molecule has 2 aromatic rings. The molecule has 0 saturated heterocycles. The molecule has 0 radical (unpaired) electrons. The number of aryl methyl sites for hydroxylation is 1. The van der Waals surface area contributed by atoms with Crippen LogP contribution in [0.5, 0.6) is 0 Å². The number of anilines is 1. The molecule has 0 unspecified atom stereocenters. The highest BCUT2D eigenvalue weighted by molar-refractivity contribution is 7.09. The van der Waals surface area contributed by atoms with Gasteiger partial charge < -0.3 is 10.6 Å². The van der Waals surface area contributed by atoms with Gasteiger partial charge in [0.25, 0.3) is 5.91 Å². The molecule has 2 N–H and O–H groups in total. The molecule has 1 amide bonds. The Hall–Kier alpha value is -1.82. The smallest absolute Gasteiger partial charge is 0.276 e. The summed E-state index contributed by atoms with van der Waals surface area (Å²) < 4.78 is 1.67. The molecule has 0 aromatic carbocycles. The second-order valence-corrected chi connectivity index (χ2v) is 5.06. The Morgan fingerprint density at radius 1 is 1.61 bits per heavy atom. The van der Waals surface area contributed by atoms with Crippen molar-refractivity contribution < 1.29 is 4.79 Å². The molecule has 0 aliphatic rings. The van der Waals surface area contributed by atoms with Crippen LogP contribution in [0.1, 0.15) is 22.3 Å². The average molecular weight is 264 g/mol. The van der Waals surface area contributed by atoms with Crippen molar-refractivity contribution in [2.24, 2.45) is 0 Å². The van der Waals surface area contributed by atoms with Crippen molar-refractivity contribution >= 4 is 22.9 Å². The second kappa shape index (κ2) is 5.22. The maximum Gasteiger partial charge on any atom is 0.276 e. The standard InChI is InChI=1S/C12H16N4OS/c1-3-16-8-10(13)11(14-16)12(17)15(2)7-9-5-4-6-18-9/h4-6,8H,3,7,13H2,1-2H3. The number of rotatable bonds is 4. The number of carbonyl (C=O) groups is 1. The van der Waals surface area contributed by atoms with Gasteiger partial charge in [-0.05, 0) is 18.4 Å². The van der Waals surface area contributed by atoms with Crippen molar-refractivity contribution in [3.05, 3.63) is 34.3 Å². The minimum Gasteiger partial charge on any atom is -0.396 e. The van der Waals surface area contributed by atoms with Crippen molar-refractivity contribution in [3.63, 3.8) is 0 Å². The lowest BCUT2D eigenvalue weighted by atomic mass is 10.3. The Kier molecular flexibility index (Phi) is 3.66. The van der Waals surface area contributed by atoms with Crippen LogP contribution < -0.4 is 5.73 Å². The predicted octanol–water partition coefficient (Wildman–Crippen LogP) is 1.82. The summed E-state index contributed by atoms with van der Waals surface area (Å²) in [4.78, 5) is 15.0. The van der Waals surface area contributed by atoms with E-state index in [4.69, 9.17) is 5.73 Å². The fourth-order valence-electron chi connectivity index (χ4n) is 1.65. The Morgan fingerprint density at radius 3 is 2.94 bits per heavy atom. The molecule has 5 nitrogen and oxygen atoms in total. The minimum absolute atomic E-state index is 0.145. The van der Waals surface area contributed by atoms with Gasteiger partial charge in [0.15, 0.2) is 5.69 Å². The fraction of sp³-hybridized carbons (Fsp3) is 0.333. The Labute approximate surface area is 110 Å². The van der Waals surface area contributed by atoms with Gasteiger partial charge in [-0.3, -0.25) is 9.48 Å². The first-order valence-electron chi connectivity index (χ1n) is 5.72. The molecule has 2 aromatic heterocycles. The number of nitrogens with zero attached hydrogens (tertiary/aromatic N) is 3. The van der Waals surface area contributed by atoms with E-state index >= 15 is 0 Å². The van der Waals surface area contributed by atoms with Gasteiger partial charge in [-0.15, -0.1) is 11.3 Å². The molecule has 2 rings (SSSR count). The van der Waals surface area contributed by atoms with Gasteiger partial charge in [0.2, 0.25) is 0 Å². The highest BCUT2D eigenvalue weighted by Gasteiger charge is 2.19. The first kappa shape index (κ1) is 12.6. The normalized spacial score (nSPS) is 10.6. The quantitative estimate of drug-likeness (QED) is 0.916. The summed E-state index contributed by atoms with van der Waals surface area (Å²) in [5.74, 6) is -0.145. The van der Waals surface area contributed by atoms with Crippen molar-refractivity contribution in [3.8, 4) is 0 Å². The van der Waals surface area contributed by atoms with Crippen molar-refractivity contribution in [2.45, 2.75) is 20.0 Å². The van der Waals surface area contributed by atoms with Gasteiger partial charge in [-0.2, -0.15) is 5.10 Å². The lowest BCUT2D eigenvalue weighted by Crippen LogP contribution is -2.27. The molecule has 0 fully saturated rings. The van der Waals surface area contributed by atoms with Crippen molar-refractivity contribution in [1.29, 1.82) is 0 Å². The molecular formula is C12H16N4OS. The third-order valence-electron chi connectivity index (χ3n) is 2.64. The third-order valence-corrected chi connectivity index (χ3v) is 3.50. The van der Waals surface area contributed by atoms with Crippen LogP contribution in [0.15, 0.2) is 23.7 Å². The fourth-order valence-corrected chi connectivity index (χ4v) is 2.41. The Balaban J connectivity index is 2.12. The molecule has 6 heteroatoms. The monoisotopic (exact) mass is 264 g/mol. The van der Waals surface area contributed by atoms with Crippen LogP contribution in [0.4, 0.5) is 5.69 Å². The lowest BCUT2D eigenvalue weighted by molar-refractivity contribution is 0.0780. The van der Waals surface area contributed by atoms with Gasteiger partial charge in [-0.25, -0.2) is 0 Å². The summed E-state index contributed by atoms with van der Waals surface area (Å²) in [7, 11) is 1.76. The summed E-state index contributed by atoms with van der Waals surface area (Å²) in [6.07, 6.45) is 1.69. The van der Waals surface area contributed by atoms with E-state index in [2.05, 4.69) is 5.10 Å². The average Bonchev–Trinajstić information content (AvgIpc) is 2.97. The number of hydrogen-bond donors (Lipinski definition) is 1. The summed E-state index contributed by atoms with van der Waals surface area (Å²) in [5.41, 5.74) is 6.56. The molecular weight excluding hydrogens is 248 g/mol. The maximum absolute atomic E-state index is 12.2. The highest BCUT2D eigenvalue weighted by Crippen LogP contribution is 2.15. The van der Waals surface area contributed by atoms with Gasteiger partial charge in [0.1, 0.15) is 0 Å². The zero-order valence-corrected chi connectivity index (χ0v) is 11.3. The molecule has 0 aliphatic heterocycles. The number of amides is 1. The lowest BCUT2D eigenvalue weighted by Gasteiger charge is -2.14. The van der Waals surface area contributed by atoms with E-state index < -0.39 is 0 Å². The predicted molar refractivity (Wildman–Crippen MR) is 72.4 cm³/mol. The van der Waals surface area contributed by atoms with Crippen molar-refractivity contribution in [2.75, 3.05) is 12.8 Å². The topological polar surface area (TPSA) is 64.2 Å². The third kappa shape index (κ3) is 2.53. The van der Waals surface area contributed by atoms with Crippen LogP contribution in [-0.2, 0) is 13.1 Å². The second-order valence-electron chi connectivity index (χ2n) is 4.03. The highest BCUT2D eigenvalue weighted by atomic mass is 32.1. The SMILES string of the molecule is CCn1cc(N)c(C(=O)N(C)Cc2cccs2)n1. The molecule has 0 spiro atoms. The first-order valence-corrected chi connectivity index (χ1v) is 6.60. The Bertz CT molecular complexity index is 532. The molecule has 0 aliphatic carbocycles. The van der Waals surface area contributed by atoms with Gasteiger partial charge in [-0.1, -0.05) is 6.07 Å². The number of nitrogens with two attached hydrogens (primary N) is 1. The summed E-state index contributed by atoms with van der Waals surface area (Å²) in [6.45, 7) is 3.23. The van der Waals surface area contributed by atoms with E-state index in [0.29, 0.717) is 24.5 Å². The van der Waals surface area contributed by atoms with E-state index in [1.54, 1.807) is 34.2 Å². The minimum atomic E-state index is -0.145. The van der Waals surface area contributed by atoms with Crippen LogP contribution in [0, 0.1) is 0 Å². The van der Waals surface area contributed by atoms with E-state index in [0.717, 1.165) is 4.88 Å².